The zero-order valence-corrected chi connectivity index (χ0v) is 20.2. The maximum Gasteiger partial charge on any atom is 0.326 e. The molecule has 180 valence electrons. The molecule has 0 radical (unpaired) electrons. The number of amides is 2. The molecule has 7 nitrogen and oxygen atoms in total. The number of Topliss-reactive ketones (excluding diaryl/α,β-unsaturated/α-hetero) is 1. The van der Waals surface area contributed by atoms with Crippen LogP contribution in [0.3, 0.4) is 0 Å². The third kappa shape index (κ3) is 4.85. The van der Waals surface area contributed by atoms with Crippen LogP contribution in [0.25, 0.3) is 11.1 Å². The largest absolute Gasteiger partial charge is 0.368 e. The second kappa shape index (κ2) is 9.85. The van der Waals surface area contributed by atoms with E-state index in [0.29, 0.717) is 23.0 Å². The number of nitrogens with zero attached hydrogens (tertiary/aromatic N) is 2. The first-order valence-electron chi connectivity index (χ1n) is 11.3. The molecule has 3 heterocycles. The predicted octanol–water partition coefficient (Wildman–Crippen LogP) is 4.20. The molecular weight excluding hydrogens is 489 g/mol. The van der Waals surface area contributed by atoms with Gasteiger partial charge in [-0.2, -0.15) is 0 Å². The fourth-order valence-electron chi connectivity index (χ4n) is 4.69. The SMILES string of the molecule is O=C1COC2CCN(C(=O)C(Cc3ccc(Cl)c(Cl)c3)NC(=O)n3ccc(-c4ccccc4)c3)C12. The minimum absolute atomic E-state index is 0.00849. The normalized spacial score (nSPS) is 20.1. The van der Waals surface area contributed by atoms with E-state index in [1.807, 2.05) is 36.4 Å². The molecule has 3 atom stereocenters. The van der Waals surface area contributed by atoms with Gasteiger partial charge in [-0.25, -0.2) is 4.79 Å². The van der Waals surface area contributed by atoms with Crippen LogP contribution < -0.4 is 5.32 Å². The maximum absolute atomic E-state index is 13.6. The fourth-order valence-corrected chi connectivity index (χ4v) is 5.01. The number of nitrogens with one attached hydrogen (secondary N) is 1. The Balaban J connectivity index is 1.39. The number of hydrogen-bond donors (Lipinski definition) is 1. The van der Waals surface area contributed by atoms with E-state index in [2.05, 4.69) is 5.32 Å². The molecule has 1 N–H and O–H groups in total. The van der Waals surface area contributed by atoms with Crippen molar-refractivity contribution in [3.05, 3.63) is 82.6 Å². The molecule has 2 aliphatic rings. The lowest BCUT2D eigenvalue weighted by molar-refractivity contribution is -0.138. The lowest BCUT2D eigenvalue weighted by Gasteiger charge is -2.27. The summed E-state index contributed by atoms with van der Waals surface area (Å²) in [6.07, 6.45) is 3.86. The van der Waals surface area contributed by atoms with Crippen LogP contribution in [0.15, 0.2) is 67.0 Å². The average molecular weight is 512 g/mol. The van der Waals surface area contributed by atoms with Crippen molar-refractivity contribution in [2.45, 2.75) is 31.0 Å². The summed E-state index contributed by atoms with van der Waals surface area (Å²) in [5, 5.41) is 3.62. The van der Waals surface area contributed by atoms with Gasteiger partial charge in [0.1, 0.15) is 18.7 Å². The Labute approximate surface area is 212 Å². The van der Waals surface area contributed by atoms with E-state index < -0.39 is 18.1 Å². The molecule has 0 spiro atoms. The van der Waals surface area contributed by atoms with Crippen LogP contribution in [-0.4, -0.2) is 58.5 Å². The number of rotatable bonds is 5. The standard InChI is InChI=1S/C26H23Cl2N3O4/c27-19-7-6-16(12-20(19)28)13-21(25(33)31-11-9-23-24(31)22(32)15-35-23)29-26(34)30-10-8-18(14-30)17-4-2-1-3-5-17/h1-8,10,12,14,21,23-24H,9,11,13,15H2,(H,29,34). The fraction of sp³-hybridized carbons (Fsp3) is 0.269. The summed E-state index contributed by atoms with van der Waals surface area (Å²) in [6.45, 7) is 0.407. The molecule has 35 heavy (non-hydrogen) atoms. The molecule has 9 heteroatoms. The number of halogens is 2. The van der Waals surface area contributed by atoms with E-state index in [-0.39, 0.29) is 30.8 Å². The van der Waals surface area contributed by atoms with E-state index in [0.717, 1.165) is 16.7 Å². The summed E-state index contributed by atoms with van der Waals surface area (Å²) < 4.78 is 6.94. The van der Waals surface area contributed by atoms with Crippen molar-refractivity contribution in [1.29, 1.82) is 0 Å². The monoisotopic (exact) mass is 511 g/mol. The van der Waals surface area contributed by atoms with Gasteiger partial charge in [0.05, 0.1) is 16.1 Å². The number of aromatic nitrogens is 1. The van der Waals surface area contributed by atoms with Crippen LogP contribution in [0.1, 0.15) is 12.0 Å². The van der Waals surface area contributed by atoms with E-state index in [4.69, 9.17) is 27.9 Å². The van der Waals surface area contributed by atoms with Crippen molar-refractivity contribution >= 4 is 40.9 Å². The molecule has 3 aromatic rings. The number of likely N-dealkylation sites (tertiary alicyclic amines) is 1. The molecule has 2 fully saturated rings. The Morgan fingerprint density at radius 1 is 1.06 bits per heavy atom. The molecule has 2 amide bonds. The Kier molecular flexibility index (Phi) is 6.65. The molecule has 2 aromatic carbocycles. The van der Waals surface area contributed by atoms with Crippen LogP contribution in [0.5, 0.6) is 0 Å². The van der Waals surface area contributed by atoms with E-state index in [1.165, 1.54) is 9.47 Å². The van der Waals surface area contributed by atoms with Crippen molar-refractivity contribution in [3.63, 3.8) is 0 Å². The van der Waals surface area contributed by atoms with Crippen molar-refractivity contribution < 1.29 is 19.1 Å². The summed E-state index contributed by atoms with van der Waals surface area (Å²) in [5.41, 5.74) is 2.59. The van der Waals surface area contributed by atoms with Crippen LogP contribution >= 0.6 is 23.2 Å². The smallest absolute Gasteiger partial charge is 0.326 e. The zero-order valence-electron chi connectivity index (χ0n) is 18.7. The van der Waals surface area contributed by atoms with Crippen LogP contribution in [-0.2, 0) is 20.7 Å². The molecule has 2 aliphatic heterocycles. The first-order chi connectivity index (χ1) is 16.9. The highest BCUT2D eigenvalue weighted by atomic mass is 35.5. The number of ketones is 1. The summed E-state index contributed by atoms with van der Waals surface area (Å²) in [7, 11) is 0. The number of carbonyl (C=O) groups excluding carboxylic acids is 3. The topological polar surface area (TPSA) is 80.6 Å². The molecule has 2 saturated heterocycles. The third-order valence-electron chi connectivity index (χ3n) is 6.45. The van der Waals surface area contributed by atoms with Gasteiger partial charge in [-0.05, 0) is 41.3 Å². The van der Waals surface area contributed by atoms with Crippen molar-refractivity contribution in [3.8, 4) is 11.1 Å². The molecular formula is C26H23Cl2N3O4. The Hall–Kier alpha value is -3.13. The minimum Gasteiger partial charge on any atom is -0.368 e. The molecule has 0 saturated carbocycles. The number of ether oxygens (including phenoxy) is 1. The second-order valence-corrected chi connectivity index (χ2v) is 9.52. The number of hydrogen-bond acceptors (Lipinski definition) is 4. The molecule has 3 unspecified atom stereocenters. The van der Waals surface area contributed by atoms with Crippen molar-refractivity contribution in [2.24, 2.45) is 0 Å². The van der Waals surface area contributed by atoms with Gasteiger partial charge in [0.25, 0.3) is 0 Å². The highest BCUT2D eigenvalue weighted by molar-refractivity contribution is 6.42. The van der Waals surface area contributed by atoms with E-state index >= 15 is 0 Å². The van der Waals surface area contributed by atoms with E-state index in [9.17, 15) is 14.4 Å². The first kappa shape index (κ1) is 23.6. The maximum atomic E-state index is 13.6. The number of carbonyl (C=O) groups is 3. The van der Waals surface area contributed by atoms with Gasteiger partial charge in [-0.15, -0.1) is 0 Å². The van der Waals surface area contributed by atoms with Gasteiger partial charge in [-0.1, -0.05) is 59.6 Å². The zero-order chi connectivity index (χ0) is 24.5. The lowest BCUT2D eigenvalue weighted by Crippen LogP contribution is -2.53. The third-order valence-corrected chi connectivity index (χ3v) is 7.19. The highest BCUT2D eigenvalue weighted by Gasteiger charge is 2.48. The Bertz CT molecular complexity index is 1280. The molecule has 5 rings (SSSR count). The highest BCUT2D eigenvalue weighted by Crippen LogP contribution is 2.29. The Morgan fingerprint density at radius 2 is 1.86 bits per heavy atom. The number of benzene rings is 2. The summed E-state index contributed by atoms with van der Waals surface area (Å²) in [5.74, 6) is -0.440. The predicted molar refractivity (Wildman–Crippen MR) is 133 cm³/mol. The first-order valence-corrected chi connectivity index (χ1v) is 12.1. The summed E-state index contributed by atoms with van der Waals surface area (Å²) >= 11 is 12.2. The van der Waals surface area contributed by atoms with Crippen LogP contribution in [0.2, 0.25) is 10.0 Å². The summed E-state index contributed by atoms with van der Waals surface area (Å²) in [4.78, 5) is 40.7. The Morgan fingerprint density at radius 3 is 2.63 bits per heavy atom. The number of fused-ring (bicyclic) bond motifs is 1. The van der Waals surface area contributed by atoms with Gasteiger partial charge in [-0.3, -0.25) is 14.2 Å². The average Bonchev–Trinajstić information content (AvgIpc) is 3.59. The van der Waals surface area contributed by atoms with Gasteiger partial charge >= 0.3 is 6.03 Å². The minimum atomic E-state index is -0.908. The van der Waals surface area contributed by atoms with Crippen LogP contribution in [0, 0.1) is 0 Å². The lowest BCUT2D eigenvalue weighted by atomic mass is 10.0. The quantitative estimate of drug-likeness (QED) is 0.556. The molecule has 0 bridgehead atoms. The van der Waals surface area contributed by atoms with Crippen LogP contribution in [0.4, 0.5) is 4.79 Å². The van der Waals surface area contributed by atoms with Crippen molar-refractivity contribution in [2.75, 3.05) is 13.2 Å². The summed E-state index contributed by atoms with van der Waals surface area (Å²) in [6, 6.07) is 14.7. The van der Waals surface area contributed by atoms with Gasteiger partial charge in [0.2, 0.25) is 5.91 Å². The molecule has 0 aliphatic carbocycles. The van der Waals surface area contributed by atoms with Gasteiger partial charge in [0, 0.05) is 25.4 Å². The van der Waals surface area contributed by atoms with Gasteiger partial charge in [0.15, 0.2) is 5.78 Å². The van der Waals surface area contributed by atoms with Gasteiger partial charge < -0.3 is 15.0 Å². The second-order valence-electron chi connectivity index (χ2n) is 8.71. The molecule has 1 aromatic heterocycles. The van der Waals surface area contributed by atoms with Crippen molar-refractivity contribution in [1.82, 2.24) is 14.8 Å². The van der Waals surface area contributed by atoms with E-state index in [1.54, 1.807) is 30.6 Å².